The highest BCUT2D eigenvalue weighted by Gasteiger charge is 2.46. The Balaban J connectivity index is 1.79. The molecule has 0 radical (unpaired) electrons. The third kappa shape index (κ3) is 5.57. The topological polar surface area (TPSA) is 70.1 Å². The lowest BCUT2D eigenvalue weighted by Crippen LogP contribution is -2.32. The van der Waals surface area contributed by atoms with Crippen LogP contribution in [0.1, 0.15) is 23.6 Å². The van der Waals surface area contributed by atoms with Crippen LogP contribution < -0.4 is 4.74 Å². The Morgan fingerprint density at radius 2 is 1.67 bits per heavy atom. The van der Waals surface area contributed by atoms with Crippen LogP contribution in [0.4, 0.5) is 0 Å². The summed E-state index contributed by atoms with van der Waals surface area (Å²) in [6.07, 6.45) is 0.656. The van der Waals surface area contributed by atoms with Gasteiger partial charge in [0.15, 0.2) is 0 Å². The first-order valence-electron chi connectivity index (χ1n) is 11.5. The number of para-hydroxylation sites is 1. The van der Waals surface area contributed by atoms with Crippen LogP contribution in [0.2, 0.25) is 10.0 Å². The fraction of sp³-hybridized carbons (Fsp3) is 0.214. The first kappa shape index (κ1) is 25.8. The Morgan fingerprint density at radius 1 is 0.944 bits per heavy atom. The van der Waals surface area contributed by atoms with E-state index in [0.717, 1.165) is 6.54 Å². The number of benzene rings is 3. The number of aliphatic hydroxyl groups is 1. The predicted molar refractivity (Wildman–Crippen MR) is 142 cm³/mol. The second-order valence-electron chi connectivity index (χ2n) is 8.77. The van der Waals surface area contributed by atoms with Crippen LogP contribution >= 0.6 is 23.2 Å². The number of ketones is 1. The third-order valence-corrected chi connectivity index (χ3v) is 6.63. The summed E-state index contributed by atoms with van der Waals surface area (Å²) in [7, 11) is 3.89. The summed E-state index contributed by atoms with van der Waals surface area (Å²) in [5, 5.41) is 11.8. The second kappa shape index (κ2) is 11.2. The molecule has 4 rings (SSSR count). The van der Waals surface area contributed by atoms with E-state index in [0.29, 0.717) is 40.6 Å². The van der Waals surface area contributed by atoms with E-state index in [1.54, 1.807) is 24.3 Å². The molecule has 1 N–H and O–H groups in total. The number of likely N-dealkylation sites (tertiary alicyclic amines) is 1. The fourth-order valence-electron chi connectivity index (χ4n) is 4.19. The van der Waals surface area contributed by atoms with Crippen LogP contribution in [-0.2, 0) is 9.59 Å². The summed E-state index contributed by atoms with van der Waals surface area (Å²) in [5.74, 6) is -0.503. The van der Waals surface area contributed by atoms with Gasteiger partial charge in [-0.05, 0) is 75.1 Å². The van der Waals surface area contributed by atoms with Crippen molar-refractivity contribution in [1.29, 1.82) is 0 Å². The molecule has 1 aliphatic heterocycles. The van der Waals surface area contributed by atoms with Gasteiger partial charge in [0.25, 0.3) is 11.7 Å². The molecular formula is C28H26Cl2N2O4. The van der Waals surface area contributed by atoms with E-state index in [4.69, 9.17) is 27.9 Å². The molecule has 36 heavy (non-hydrogen) atoms. The van der Waals surface area contributed by atoms with E-state index in [1.165, 1.54) is 17.0 Å². The molecule has 1 aliphatic rings. The van der Waals surface area contributed by atoms with Gasteiger partial charge in [-0.25, -0.2) is 0 Å². The molecule has 186 valence electrons. The van der Waals surface area contributed by atoms with E-state index in [9.17, 15) is 14.7 Å². The maximum absolute atomic E-state index is 13.2. The minimum Gasteiger partial charge on any atom is -0.507 e. The molecule has 8 heteroatoms. The van der Waals surface area contributed by atoms with E-state index < -0.39 is 17.7 Å². The van der Waals surface area contributed by atoms with Crippen molar-refractivity contribution in [2.75, 3.05) is 27.2 Å². The van der Waals surface area contributed by atoms with Gasteiger partial charge in [-0.15, -0.1) is 0 Å². The van der Waals surface area contributed by atoms with E-state index >= 15 is 0 Å². The Bertz CT molecular complexity index is 1310. The number of amides is 1. The van der Waals surface area contributed by atoms with Gasteiger partial charge in [-0.1, -0.05) is 53.5 Å². The van der Waals surface area contributed by atoms with Crippen molar-refractivity contribution in [3.63, 3.8) is 0 Å². The monoisotopic (exact) mass is 524 g/mol. The first-order chi connectivity index (χ1) is 17.3. The average molecular weight is 525 g/mol. The van der Waals surface area contributed by atoms with Gasteiger partial charge < -0.3 is 19.6 Å². The number of Topliss-reactive ketones (excluding diaryl/α,β-unsaturated/α-hetero) is 1. The van der Waals surface area contributed by atoms with Crippen molar-refractivity contribution >= 4 is 40.7 Å². The highest BCUT2D eigenvalue weighted by atomic mass is 35.5. The van der Waals surface area contributed by atoms with E-state index in [-0.39, 0.29) is 16.4 Å². The highest BCUT2D eigenvalue weighted by molar-refractivity contribution is 6.46. The van der Waals surface area contributed by atoms with Crippen LogP contribution in [0, 0.1) is 0 Å². The minimum absolute atomic E-state index is 0.0000956. The van der Waals surface area contributed by atoms with Crippen molar-refractivity contribution in [3.8, 4) is 11.5 Å². The summed E-state index contributed by atoms with van der Waals surface area (Å²) in [6, 6.07) is 20.3. The van der Waals surface area contributed by atoms with Gasteiger partial charge >= 0.3 is 0 Å². The lowest BCUT2D eigenvalue weighted by Gasteiger charge is -2.26. The molecule has 1 unspecified atom stereocenters. The van der Waals surface area contributed by atoms with Crippen LogP contribution in [0.25, 0.3) is 5.76 Å². The molecule has 0 aliphatic carbocycles. The van der Waals surface area contributed by atoms with Crippen molar-refractivity contribution in [2.45, 2.75) is 12.5 Å². The molecule has 0 aromatic heterocycles. The van der Waals surface area contributed by atoms with Gasteiger partial charge in [-0.2, -0.15) is 0 Å². The Labute approximate surface area is 220 Å². The van der Waals surface area contributed by atoms with E-state index in [2.05, 4.69) is 0 Å². The average Bonchev–Trinajstić information content (AvgIpc) is 3.11. The zero-order valence-electron chi connectivity index (χ0n) is 19.9. The Morgan fingerprint density at radius 3 is 2.36 bits per heavy atom. The molecule has 0 bridgehead atoms. The molecule has 0 saturated carbocycles. The quantitative estimate of drug-likeness (QED) is 0.217. The number of carbonyl (C=O) groups is 2. The van der Waals surface area contributed by atoms with Gasteiger partial charge in [-0.3, -0.25) is 9.59 Å². The lowest BCUT2D eigenvalue weighted by atomic mass is 9.95. The summed E-state index contributed by atoms with van der Waals surface area (Å²) < 4.78 is 5.98. The summed E-state index contributed by atoms with van der Waals surface area (Å²) >= 11 is 12.2. The molecule has 3 aromatic rings. The molecule has 1 saturated heterocycles. The number of aliphatic hydroxyl groups excluding tert-OH is 1. The van der Waals surface area contributed by atoms with Crippen molar-refractivity contribution in [2.24, 2.45) is 0 Å². The summed E-state index contributed by atoms with van der Waals surface area (Å²) in [6.45, 7) is 1.08. The summed E-state index contributed by atoms with van der Waals surface area (Å²) in [5.41, 5.74) is 0.951. The normalized spacial score (nSPS) is 17.1. The van der Waals surface area contributed by atoms with Crippen LogP contribution in [0.3, 0.4) is 0 Å². The van der Waals surface area contributed by atoms with Gasteiger partial charge in [0.2, 0.25) is 0 Å². The van der Waals surface area contributed by atoms with Crippen LogP contribution in [-0.4, -0.2) is 53.8 Å². The van der Waals surface area contributed by atoms with Crippen molar-refractivity contribution < 1.29 is 19.4 Å². The summed E-state index contributed by atoms with van der Waals surface area (Å²) in [4.78, 5) is 29.9. The first-order valence-corrected chi connectivity index (χ1v) is 12.2. The molecule has 1 fully saturated rings. The van der Waals surface area contributed by atoms with Crippen LogP contribution in [0.5, 0.6) is 11.5 Å². The molecule has 0 spiro atoms. The number of rotatable bonds is 8. The maximum Gasteiger partial charge on any atom is 0.295 e. The smallest absolute Gasteiger partial charge is 0.295 e. The molecule has 3 aromatic carbocycles. The van der Waals surface area contributed by atoms with Gasteiger partial charge in [0, 0.05) is 12.1 Å². The SMILES string of the molecule is CN(C)CCCN1C(=O)C(=O)/C(=C(\O)c2ccc(Cl)c(Cl)c2)C1c1cccc(Oc2ccccc2)c1. The maximum atomic E-state index is 13.2. The number of hydrogen-bond donors (Lipinski definition) is 1. The minimum atomic E-state index is -0.791. The van der Waals surface area contributed by atoms with Crippen molar-refractivity contribution in [1.82, 2.24) is 9.80 Å². The highest BCUT2D eigenvalue weighted by Crippen LogP contribution is 2.41. The van der Waals surface area contributed by atoms with Gasteiger partial charge in [0.1, 0.15) is 17.3 Å². The number of nitrogens with zero attached hydrogens (tertiary/aromatic N) is 2. The second-order valence-corrected chi connectivity index (χ2v) is 9.58. The number of hydrogen-bond acceptors (Lipinski definition) is 5. The molecule has 1 atom stereocenters. The molecule has 1 heterocycles. The number of ether oxygens (including phenoxy) is 1. The standard InChI is InChI=1S/C28H26Cl2N2O4/c1-31(2)14-7-15-32-25(18-8-6-11-21(16-18)36-20-9-4-3-5-10-20)24(27(34)28(32)35)26(33)19-12-13-22(29)23(30)17-19/h3-6,8-13,16-17,25,33H,7,14-15H2,1-2H3/b26-24-. The largest absolute Gasteiger partial charge is 0.507 e. The Hall–Kier alpha value is -3.32. The zero-order valence-corrected chi connectivity index (χ0v) is 21.5. The Kier molecular flexibility index (Phi) is 7.99. The molecule has 6 nitrogen and oxygen atoms in total. The fourth-order valence-corrected chi connectivity index (χ4v) is 4.48. The number of halogens is 2. The third-order valence-electron chi connectivity index (χ3n) is 5.89. The van der Waals surface area contributed by atoms with Crippen LogP contribution in [0.15, 0.2) is 78.4 Å². The molecule has 1 amide bonds. The van der Waals surface area contributed by atoms with Gasteiger partial charge in [0.05, 0.1) is 21.7 Å². The lowest BCUT2D eigenvalue weighted by molar-refractivity contribution is -0.139. The number of carbonyl (C=O) groups excluding carboxylic acids is 2. The van der Waals surface area contributed by atoms with Crippen molar-refractivity contribution in [3.05, 3.63) is 99.5 Å². The van der Waals surface area contributed by atoms with E-state index in [1.807, 2.05) is 55.4 Å². The zero-order chi connectivity index (χ0) is 25.8. The molecular weight excluding hydrogens is 499 g/mol. The predicted octanol–water partition coefficient (Wildman–Crippen LogP) is 6.16.